The van der Waals surface area contributed by atoms with Crippen LogP contribution in [0.4, 0.5) is 0 Å². The lowest BCUT2D eigenvalue weighted by Crippen LogP contribution is -2.52. The van der Waals surface area contributed by atoms with Crippen molar-refractivity contribution in [3.05, 3.63) is 23.3 Å². The van der Waals surface area contributed by atoms with E-state index in [1.165, 1.54) is 31.3 Å². The molecule has 1 saturated heterocycles. The zero-order valence-corrected chi connectivity index (χ0v) is 16.6. The molecule has 5 aliphatic carbocycles. The Balaban J connectivity index is 1.46. The fourth-order valence-corrected chi connectivity index (χ4v) is 8.19. The predicted molar refractivity (Wildman–Crippen MR) is 102 cm³/mol. The molecule has 6 rings (SSSR count). The Morgan fingerprint density at radius 3 is 2.56 bits per heavy atom. The quantitative estimate of drug-likeness (QED) is 0.452. The third-order valence-corrected chi connectivity index (χ3v) is 9.84. The highest BCUT2D eigenvalue weighted by Gasteiger charge is 2.68. The molecule has 0 amide bonds. The van der Waals surface area contributed by atoms with E-state index in [1.54, 1.807) is 5.57 Å². The van der Waals surface area contributed by atoms with E-state index in [1.807, 2.05) is 6.08 Å². The Labute approximate surface area is 161 Å². The van der Waals surface area contributed by atoms with Gasteiger partial charge < -0.3 is 4.74 Å². The zero-order valence-electron chi connectivity index (χ0n) is 16.6. The summed E-state index contributed by atoms with van der Waals surface area (Å²) in [7, 11) is 0. The van der Waals surface area contributed by atoms with Crippen LogP contribution in [0.5, 0.6) is 0 Å². The molecule has 2 unspecified atom stereocenters. The second kappa shape index (κ2) is 4.78. The van der Waals surface area contributed by atoms with Crippen LogP contribution in [-0.4, -0.2) is 17.4 Å². The van der Waals surface area contributed by atoms with Crippen LogP contribution < -0.4 is 0 Å². The smallest absolute Gasteiger partial charge is 0.306 e. The van der Waals surface area contributed by atoms with Crippen LogP contribution >= 0.6 is 0 Å². The highest BCUT2D eigenvalue weighted by atomic mass is 16.6. The van der Waals surface area contributed by atoms with Gasteiger partial charge in [-0.1, -0.05) is 31.1 Å². The number of hydrogen-bond acceptors (Lipinski definition) is 3. The van der Waals surface area contributed by atoms with Crippen LogP contribution in [0.15, 0.2) is 23.3 Å². The summed E-state index contributed by atoms with van der Waals surface area (Å²) in [6.07, 6.45) is 14.8. The molecule has 4 fully saturated rings. The number of fused-ring (bicyclic) bond motifs is 7. The lowest BCUT2D eigenvalue weighted by atomic mass is 9.48. The molecule has 1 aliphatic heterocycles. The average Bonchev–Trinajstić information content (AvgIpc) is 3.19. The molecule has 0 radical (unpaired) electrons. The molecule has 5 atom stereocenters. The monoisotopic (exact) mass is 366 g/mol. The van der Waals surface area contributed by atoms with Gasteiger partial charge in [-0.2, -0.15) is 0 Å². The molecule has 3 nitrogen and oxygen atoms in total. The molecule has 0 N–H and O–H groups in total. The minimum atomic E-state index is -0.215. The standard InChI is InChI=1S/C24H30O3/c1-21-7-3-15(25)13-19(21)23(11-12-23)14-16-17(21)4-8-22(2)18(16)5-9-24(22)10-6-20(26)27-24/h4,13,16,18H,3,5-12,14H2,1-2H3/t16?,18?,21-,22+,24-/m1/s1. The maximum Gasteiger partial charge on any atom is 0.306 e. The van der Waals surface area contributed by atoms with Gasteiger partial charge in [0.25, 0.3) is 0 Å². The van der Waals surface area contributed by atoms with Crippen LogP contribution in [0.1, 0.15) is 78.1 Å². The summed E-state index contributed by atoms with van der Waals surface area (Å²) in [5, 5.41) is 0. The van der Waals surface area contributed by atoms with E-state index in [4.69, 9.17) is 4.74 Å². The minimum absolute atomic E-state index is 0.0110. The van der Waals surface area contributed by atoms with Gasteiger partial charge in [0.1, 0.15) is 5.60 Å². The first kappa shape index (κ1) is 16.6. The molecule has 0 bridgehead atoms. The summed E-state index contributed by atoms with van der Waals surface area (Å²) >= 11 is 0. The maximum absolute atomic E-state index is 12.2. The van der Waals surface area contributed by atoms with Crippen molar-refractivity contribution in [1.29, 1.82) is 0 Å². The van der Waals surface area contributed by atoms with Gasteiger partial charge in [-0.3, -0.25) is 9.59 Å². The minimum Gasteiger partial charge on any atom is -0.458 e. The van der Waals surface area contributed by atoms with Gasteiger partial charge in [-0.15, -0.1) is 0 Å². The summed E-state index contributed by atoms with van der Waals surface area (Å²) in [5.74, 6) is 1.58. The molecular formula is C24H30O3. The highest BCUT2D eigenvalue weighted by Crippen LogP contribution is 2.74. The molecule has 0 aromatic rings. The van der Waals surface area contributed by atoms with Gasteiger partial charge in [0.2, 0.25) is 0 Å². The Hall–Kier alpha value is -1.38. The normalized spacial score (nSPS) is 49.3. The average molecular weight is 367 g/mol. The third-order valence-electron chi connectivity index (χ3n) is 9.84. The Bertz CT molecular complexity index is 831. The number of carbonyl (C=O) groups is 2. The number of esters is 1. The summed E-state index contributed by atoms with van der Waals surface area (Å²) in [4.78, 5) is 24.2. The van der Waals surface area contributed by atoms with E-state index in [9.17, 15) is 9.59 Å². The fourth-order valence-electron chi connectivity index (χ4n) is 8.19. The largest absolute Gasteiger partial charge is 0.458 e. The molecule has 2 spiro atoms. The van der Waals surface area contributed by atoms with Crippen LogP contribution in [-0.2, 0) is 14.3 Å². The van der Waals surface area contributed by atoms with Crippen LogP contribution in [0.3, 0.4) is 0 Å². The molecule has 3 heteroatoms. The summed E-state index contributed by atoms with van der Waals surface area (Å²) in [6.45, 7) is 4.83. The van der Waals surface area contributed by atoms with Crippen LogP contribution in [0.25, 0.3) is 0 Å². The van der Waals surface area contributed by atoms with Crippen molar-refractivity contribution in [1.82, 2.24) is 0 Å². The van der Waals surface area contributed by atoms with E-state index in [0.29, 0.717) is 35.9 Å². The van der Waals surface area contributed by atoms with Crippen molar-refractivity contribution in [2.75, 3.05) is 0 Å². The number of hydrogen-bond donors (Lipinski definition) is 0. The van der Waals surface area contributed by atoms with Gasteiger partial charge in [0.05, 0.1) is 0 Å². The maximum atomic E-state index is 12.2. The summed E-state index contributed by atoms with van der Waals surface area (Å²) < 4.78 is 6.05. The Morgan fingerprint density at radius 2 is 1.85 bits per heavy atom. The first-order valence-corrected chi connectivity index (χ1v) is 11.0. The molecule has 27 heavy (non-hydrogen) atoms. The molecule has 6 aliphatic rings. The van der Waals surface area contributed by atoms with Gasteiger partial charge in [0.15, 0.2) is 5.78 Å². The van der Waals surface area contributed by atoms with Crippen molar-refractivity contribution in [3.63, 3.8) is 0 Å². The number of rotatable bonds is 0. The van der Waals surface area contributed by atoms with Gasteiger partial charge in [0, 0.05) is 23.7 Å². The van der Waals surface area contributed by atoms with Crippen molar-refractivity contribution < 1.29 is 14.3 Å². The topological polar surface area (TPSA) is 43.4 Å². The van der Waals surface area contributed by atoms with E-state index >= 15 is 0 Å². The van der Waals surface area contributed by atoms with E-state index in [0.717, 1.165) is 25.7 Å². The predicted octanol–water partition coefficient (Wildman–Crippen LogP) is 4.90. The Morgan fingerprint density at radius 1 is 1.04 bits per heavy atom. The van der Waals surface area contributed by atoms with Crippen molar-refractivity contribution >= 4 is 11.8 Å². The first-order chi connectivity index (χ1) is 12.8. The van der Waals surface area contributed by atoms with E-state index in [-0.39, 0.29) is 22.4 Å². The van der Waals surface area contributed by atoms with E-state index in [2.05, 4.69) is 19.9 Å². The lowest BCUT2D eigenvalue weighted by molar-refractivity contribution is -0.160. The summed E-state index contributed by atoms with van der Waals surface area (Å²) in [5.41, 5.74) is 3.36. The van der Waals surface area contributed by atoms with Crippen LogP contribution in [0, 0.1) is 28.1 Å². The molecule has 1 heterocycles. The number of ether oxygens (including phenoxy) is 1. The SMILES string of the molecule is C[C@]12CCC(=O)C=C1C1(CC1)CC1C2=CC[C@@]2(C)C1CC[C@@]21CCC(=O)O1. The number of allylic oxidation sites excluding steroid dienone is 4. The zero-order chi connectivity index (χ0) is 18.7. The lowest BCUT2D eigenvalue weighted by Gasteiger charge is -2.57. The number of carbonyl (C=O) groups excluding carboxylic acids is 2. The third kappa shape index (κ3) is 1.85. The fraction of sp³-hybridized carbons (Fsp3) is 0.750. The molecule has 0 aromatic carbocycles. The summed E-state index contributed by atoms with van der Waals surface area (Å²) in [6, 6.07) is 0. The molecule has 144 valence electrons. The van der Waals surface area contributed by atoms with E-state index < -0.39 is 0 Å². The first-order valence-electron chi connectivity index (χ1n) is 11.0. The second-order valence-corrected chi connectivity index (χ2v) is 10.8. The number of ketones is 1. The van der Waals surface area contributed by atoms with Crippen molar-refractivity contribution in [3.8, 4) is 0 Å². The van der Waals surface area contributed by atoms with Gasteiger partial charge in [-0.05, 0) is 74.7 Å². The molecule has 0 aromatic heterocycles. The van der Waals surface area contributed by atoms with Crippen LogP contribution in [0.2, 0.25) is 0 Å². The van der Waals surface area contributed by atoms with Crippen molar-refractivity contribution in [2.45, 2.75) is 83.7 Å². The Kier molecular flexibility index (Phi) is 2.93. The highest BCUT2D eigenvalue weighted by molar-refractivity contribution is 5.92. The molecule has 3 saturated carbocycles. The van der Waals surface area contributed by atoms with Crippen molar-refractivity contribution in [2.24, 2.45) is 28.1 Å². The molecular weight excluding hydrogens is 336 g/mol. The van der Waals surface area contributed by atoms with Gasteiger partial charge >= 0.3 is 5.97 Å². The second-order valence-electron chi connectivity index (χ2n) is 10.8. The van der Waals surface area contributed by atoms with Gasteiger partial charge in [-0.25, -0.2) is 0 Å².